The van der Waals surface area contributed by atoms with Crippen LogP contribution in [-0.2, 0) is 0 Å². The molecule has 0 aromatic heterocycles. The predicted octanol–water partition coefficient (Wildman–Crippen LogP) is 6.33. The monoisotopic (exact) mass is 392 g/mol. The van der Waals surface area contributed by atoms with Crippen LogP contribution >= 0.6 is 23.2 Å². The topological polar surface area (TPSA) is 41.6 Å². The van der Waals surface area contributed by atoms with E-state index in [2.05, 4.69) is 26.1 Å². The highest BCUT2D eigenvalue weighted by atomic mass is 35.5. The Morgan fingerprint density at radius 2 is 1.92 bits per heavy atom. The lowest BCUT2D eigenvalue weighted by molar-refractivity contribution is 0.247. The molecule has 0 saturated carbocycles. The number of methoxy groups -OCH3 is 1. The molecule has 0 saturated heterocycles. The van der Waals surface area contributed by atoms with Crippen molar-refractivity contribution in [3.8, 4) is 5.75 Å². The van der Waals surface area contributed by atoms with E-state index in [4.69, 9.17) is 27.9 Å². The highest BCUT2D eigenvalue weighted by Gasteiger charge is 2.40. The number of hydrogen-bond donors (Lipinski definition) is 1. The van der Waals surface area contributed by atoms with Crippen molar-refractivity contribution < 1.29 is 9.53 Å². The van der Waals surface area contributed by atoms with E-state index in [1.165, 1.54) is 0 Å². The Balaban J connectivity index is 1.97. The fourth-order valence-corrected chi connectivity index (χ4v) is 3.97. The molecule has 0 fully saturated rings. The number of benzene rings is 2. The lowest BCUT2D eigenvalue weighted by atomic mass is 9.80. The minimum Gasteiger partial charge on any atom is -0.497 e. The number of halogens is 2. The molecule has 2 aromatic rings. The Kier molecular flexibility index (Phi) is 5.09. The van der Waals surface area contributed by atoms with Crippen molar-refractivity contribution in [1.29, 1.82) is 0 Å². The van der Waals surface area contributed by atoms with Crippen molar-refractivity contribution in [2.24, 2.45) is 0 Å². The molecular weight excluding hydrogens is 371 g/mol. The largest absolute Gasteiger partial charge is 0.497 e. The molecule has 1 N–H and O–H groups in total. The van der Waals surface area contributed by atoms with E-state index in [1.54, 1.807) is 25.3 Å². The van der Waals surface area contributed by atoms with Crippen molar-refractivity contribution >= 4 is 40.6 Å². The predicted molar refractivity (Wildman–Crippen MR) is 108 cm³/mol. The number of nitrogens with zero attached hydrogens (tertiary/aromatic N) is 1. The molecule has 1 heterocycles. The molecule has 1 atom stereocenters. The first kappa shape index (κ1) is 18.9. The van der Waals surface area contributed by atoms with Gasteiger partial charge < -0.3 is 10.1 Å². The summed E-state index contributed by atoms with van der Waals surface area (Å²) in [5.41, 5.74) is 2.27. The van der Waals surface area contributed by atoms with Gasteiger partial charge in [-0.15, -0.1) is 0 Å². The van der Waals surface area contributed by atoms with Crippen LogP contribution < -0.4 is 15.0 Å². The molecule has 0 aliphatic carbocycles. The average Bonchev–Trinajstić information content (AvgIpc) is 2.57. The second-order valence-corrected chi connectivity index (χ2v) is 8.05. The number of amides is 2. The lowest BCUT2D eigenvalue weighted by Gasteiger charge is -2.45. The molecule has 2 aromatic carbocycles. The van der Waals surface area contributed by atoms with Crippen molar-refractivity contribution in [1.82, 2.24) is 0 Å². The molecule has 2 amide bonds. The van der Waals surface area contributed by atoms with Gasteiger partial charge in [-0.3, -0.25) is 4.90 Å². The number of nitrogens with one attached hydrogen (secondary N) is 1. The van der Waals surface area contributed by atoms with Gasteiger partial charge in [-0.2, -0.15) is 0 Å². The number of carbonyl (C=O) groups excluding carboxylic acids is 1. The molecule has 0 bridgehead atoms. The lowest BCUT2D eigenvalue weighted by Crippen LogP contribution is -2.53. The second kappa shape index (κ2) is 7.01. The van der Waals surface area contributed by atoms with Crippen molar-refractivity contribution in [2.75, 3.05) is 17.3 Å². The van der Waals surface area contributed by atoms with Crippen LogP contribution in [0.3, 0.4) is 0 Å². The van der Waals surface area contributed by atoms with E-state index in [-0.39, 0.29) is 11.6 Å². The number of carbonyl (C=O) groups is 1. The van der Waals surface area contributed by atoms with Gasteiger partial charge in [0.2, 0.25) is 0 Å². The molecule has 3 rings (SSSR count). The van der Waals surface area contributed by atoms with Gasteiger partial charge in [0.15, 0.2) is 0 Å². The molecule has 26 heavy (non-hydrogen) atoms. The van der Waals surface area contributed by atoms with E-state index in [9.17, 15) is 4.79 Å². The van der Waals surface area contributed by atoms with Gasteiger partial charge in [0.25, 0.3) is 0 Å². The third-order valence-electron chi connectivity index (χ3n) is 4.79. The van der Waals surface area contributed by atoms with Crippen LogP contribution in [0.4, 0.5) is 16.2 Å². The number of ether oxygens (including phenoxy) is 1. The van der Waals surface area contributed by atoms with Gasteiger partial charge >= 0.3 is 6.03 Å². The van der Waals surface area contributed by atoms with E-state index in [1.807, 2.05) is 23.1 Å². The van der Waals surface area contributed by atoms with Crippen LogP contribution in [-0.4, -0.2) is 18.7 Å². The molecule has 0 spiro atoms. The van der Waals surface area contributed by atoms with Crippen LogP contribution in [0.15, 0.2) is 36.4 Å². The Hall–Kier alpha value is -1.91. The maximum absolute atomic E-state index is 13.1. The highest BCUT2D eigenvalue weighted by molar-refractivity contribution is 6.42. The normalized spacial score (nSPS) is 18.2. The smallest absolute Gasteiger partial charge is 0.326 e. The van der Waals surface area contributed by atoms with Crippen molar-refractivity contribution in [2.45, 2.75) is 38.6 Å². The molecule has 1 unspecified atom stereocenters. The maximum Gasteiger partial charge on any atom is 0.326 e. The fourth-order valence-electron chi connectivity index (χ4n) is 3.67. The standard InChI is InChI=1S/C20H22Cl2N2O2/c1-12-11-20(2,3)24(18-8-6-14(26-4)10-15(12)18)19(25)23-13-5-7-16(21)17(22)9-13/h5-10,12H,11H2,1-4H3,(H,23,25). The van der Waals surface area contributed by atoms with Gasteiger partial charge in [-0.1, -0.05) is 30.1 Å². The summed E-state index contributed by atoms with van der Waals surface area (Å²) in [6.45, 7) is 6.32. The number of urea groups is 1. The molecule has 4 nitrogen and oxygen atoms in total. The summed E-state index contributed by atoms with van der Waals surface area (Å²) < 4.78 is 5.35. The zero-order chi connectivity index (χ0) is 19.1. The summed E-state index contributed by atoms with van der Waals surface area (Å²) in [5, 5.41) is 3.79. The summed E-state index contributed by atoms with van der Waals surface area (Å²) in [6.07, 6.45) is 0.849. The summed E-state index contributed by atoms with van der Waals surface area (Å²) in [7, 11) is 1.65. The van der Waals surface area contributed by atoms with E-state index in [0.29, 0.717) is 21.7 Å². The molecule has 6 heteroatoms. The quantitative estimate of drug-likeness (QED) is 0.648. The van der Waals surface area contributed by atoms with Crippen LogP contribution in [0.25, 0.3) is 0 Å². The fraction of sp³-hybridized carbons (Fsp3) is 0.350. The number of fused-ring (bicyclic) bond motifs is 1. The van der Waals surface area contributed by atoms with Gasteiger partial charge in [0.1, 0.15) is 5.75 Å². The molecule has 1 aliphatic heterocycles. The van der Waals surface area contributed by atoms with Crippen molar-refractivity contribution in [3.63, 3.8) is 0 Å². The summed E-state index contributed by atoms with van der Waals surface area (Å²) >= 11 is 12.0. The zero-order valence-electron chi connectivity index (χ0n) is 15.3. The summed E-state index contributed by atoms with van der Waals surface area (Å²) in [6, 6.07) is 10.7. The summed E-state index contributed by atoms with van der Waals surface area (Å²) in [4.78, 5) is 14.9. The number of rotatable bonds is 2. The van der Waals surface area contributed by atoms with E-state index in [0.717, 1.165) is 23.4 Å². The van der Waals surface area contributed by atoms with Crippen LogP contribution in [0.2, 0.25) is 10.0 Å². The molecule has 138 valence electrons. The van der Waals surface area contributed by atoms with E-state index < -0.39 is 0 Å². The Bertz CT molecular complexity index is 852. The van der Waals surface area contributed by atoms with Gasteiger partial charge in [-0.25, -0.2) is 4.79 Å². The summed E-state index contributed by atoms with van der Waals surface area (Å²) in [5.74, 6) is 1.12. The van der Waals surface area contributed by atoms with Crippen LogP contribution in [0, 0.1) is 0 Å². The molecular formula is C20H22Cl2N2O2. The third-order valence-corrected chi connectivity index (χ3v) is 5.53. The third kappa shape index (κ3) is 3.49. The van der Waals surface area contributed by atoms with Crippen LogP contribution in [0.1, 0.15) is 38.7 Å². The Labute approximate surface area is 164 Å². The zero-order valence-corrected chi connectivity index (χ0v) is 16.8. The highest BCUT2D eigenvalue weighted by Crippen LogP contribution is 2.44. The number of hydrogen-bond acceptors (Lipinski definition) is 2. The molecule has 0 radical (unpaired) electrons. The first-order valence-corrected chi connectivity index (χ1v) is 9.23. The SMILES string of the molecule is COc1ccc2c(c1)C(C)CC(C)(C)N2C(=O)Nc1ccc(Cl)c(Cl)c1. The minimum absolute atomic E-state index is 0.202. The number of anilines is 2. The average molecular weight is 393 g/mol. The van der Waals surface area contributed by atoms with Gasteiger partial charge in [-0.05, 0) is 68.1 Å². The van der Waals surface area contributed by atoms with Crippen molar-refractivity contribution in [3.05, 3.63) is 52.0 Å². The Morgan fingerprint density at radius 3 is 2.58 bits per heavy atom. The minimum atomic E-state index is -0.332. The molecule has 1 aliphatic rings. The Morgan fingerprint density at radius 1 is 1.19 bits per heavy atom. The first-order valence-electron chi connectivity index (χ1n) is 8.47. The maximum atomic E-state index is 13.1. The second-order valence-electron chi connectivity index (χ2n) is 7.24. The van der Waals surface area contributed by atoms with Gasteiger partial charge in [0.05, 0.1) is 17.2 Å². The van der Waals surface area contributed by atoms with Gasteiger partial charge in [0, 0.05) is 16.9 Å². The first-order chi connectivity index (χ1) is 12.2. The van der Waals surface area contributed by atoms with E-state index >= 15 is 0 Å². The van der Waals surface area contributed by atoms with Crippen LogP contribution in [0.5, 0.6) is 5.75 Å².